The monoisotopic (exact) mass is 273 g/mol. The molecule has 2 aromatic rings. The standard InChI is InChI=1S/C15H15NO2S/c1-10-16-12(9-19-10)8-14(17)15-13-5-3-2-4-11(13)6-7-18-15/h2-5,9,15H,6-8H2,1H3. The van der Waals surface area contributed by atoms with Crippen LogP contribution in [-0.2, 0) is 22.4 Å². The molecule has 3 rings (SSSR count). The number of carbonyl (C=O) groups is 1. The minimum Gasteiger partial charge on any atom is -0.365 e. The van der Waals surface area contributed by atoms with Crippen molar-refractivity contribution >= 4 is 17.1 Å². The van der Waals surface area contributed by atoms with E-state index in [0.29, 0.717) is 13.0 Å². The average molecular weight is 273 g/mol. The van der Waals surface area contributed by atoms with Crippen molar-refractivity contribution in [3.8, 4) is 0 Å². The lowest BCUT2D eigenvalue weighted by Crippen LogP contribution is -2.24. The molecule has 1 unspecified atom stereocenters. The van der Waals surface area contributed by atoms with E-state index in [1.54, 1.807) is 11.3 Å². The Balaban J connectivity index is 1.81. The Hall–Kier alpha value is -1.52. The molecule has 1 aliphatic heterocycles. The summed E-state index contributed by atoms with van der Waals surface area (Å²) in [5.41, 5.74) is 3.09. The lowest BCUT2D eigenvalue weighted by molar-refractivity contribution is -0.131. The molecule has 0 amide bonds. The topological polar surface area (TPSA) is 39.2 Å². The van der Waals surface area contributed by atoms with E-state index in [4.69, 9.17) is 4.74 Å². The normalized spacial score (nSPS) is 18.1. The third-order valence-electron chi connectivity index (χ3n) is 3.31. The highest BCUT2D eigenvalue weighted by atomic mass is 32.1. The largest absolute Gasteiger partial charge is 0.365 e. The molecule has 1 aliphatic rings. The molecule has 0 saturated heterocycles. The van der Waals surface area contributed by atoms with Gasteiger partial charge in [-0.15, -0.1) is 11.3 Å². The molecule has 1 atom stereocenters. The summed E-state index contributed by atoms with van der Waals surface area (Å²) in [6.07, 6.45) is 0.811. The number of hydrogen-bond acceptors (Lipinski definition) is 4. The quantitative estimate of drug-likeness (QED) is 0.863. The smallest absolute Gasteiger partial charge is 0.172 e. The Morgan fingerprint density at radius 2 is 2.32 bits per heavy atom. The summed E-state index contributed by atoms with van der Waals surface area (Å²) in [4.78, 5) is 16.7. The molecule has 0 spiro atoms. The molecule has 0 aliphatic carbocycles. The Bertz CT molecular complexity index is 606. The van der Waals surface area contributed by atoms with Crippen molar-refractivity contribution in [1.82, 2.24) is 4.98 Å². The molecule has 0 bridgehead atoms. The number of carbonyl (C=O) groups excluding carboxylic acids is 1. The first kappa shape index (κ1) is 12.5. The van der Waals surface area contributed by atoms with Crippen molar-refractivity contribution < 1.29 is 9.53 Å². The second kappa shape index (κ2) is 5.23. The number of ketones is 1. The molecule has 0 radical (unpaired) electrons. The fourth-order valence-electron chi connectivity index (χ4n) is 2.42. The van der Waals surface area contributed by atoms with Crippen molar-refractivity contribution in [2.24, 2.45) is 0 Å². The summed E-state index contributed by atoms with van der Waals surface area (Å²) in [6.45, 7) is 2.56. The maximum Gasteiger partial charge on any atom is 0.172 e. The van der Waals surface area contributed by atoms with Crippen LogP contribution in [0, 0.1) is 6.92 Å². The summed E-state index contributed by atoms with van der Waals surface area (Å²) >= 11 is 1.57. The van der Waals surface area contributed by atoms with Crippen LogP contribution in [0.15, 0.2) is 29.6 Å². The van der Waals surface area contributed by atoms with Crippen molar-refractivity contribution in [3.05, 3.63) is 51.5 Å². The maximum absolute atomic E-state index is 12.4. The van der Waals surface area contributed by atoms with Gasteiger partial charge in [0.15, 0.2) is 5.78 Å². The van der Waals surface area contributed by atoms with Gasteiger partial charge in [-0.25, -0.2) is 4.98 Å². The van der Waals surface area contributed by atoms with Crippen molar-refractivity contribution in [2.45, 2.75) is 25.9 Å². The van der Waals surface area contributed by atoms with Crippen LogP contribution in [0.5, 0.6) is 0 Å². The zero-order valence-corrected chi connectivity index (χ0v) is 11.6. The number of thiazole rings is 1. The third-order valence-corrected chi connectivity index (χ3v) is 4.13. The van der Waals surface area contributed by atoms with E-state index in [2.05, 4.69) is 11.1 Å². The molecule has 4 heteroatoms. The van der Waals surface area contributed by atoms with Crippen molar-refractivity contribution in [2.75, 3.05) is 6.61 Å². The van der Waals surface area contributed by atoms with Crippen LogP contribution in [0.2, 0.25) is 0 Å². The van der Waals surface area contributed by atoms with E-state index >= 15 is 0 Å². The van der Waals surface area contributed by atoms with Crippen LogP contribution < -0.4 is 0 Å². The number of benzene rings is 1. The van der Waals surface area contributed by atoms with Gasteiger partial charge in [0.1, 0.15) is 6.10 Å². The Morgan fingerprint density at radius 1 is 1.47 bits per heavy atom. The summed E-state index contributed by atoms with van der Waals surface area (Å²) in [5.74, 6) is 0.0949. The van der Waals surface area contributed by atoms with Gasteiger partial charge >= 0.3 is 0 Å². The number of ether oxygens (including phenoxy) is 1. The Kier molecular flexibility index (Phi) is 3.44. The van der Waals surface area contributed by atoms with Gasteiger partial charge in [0.25, 0.3) is 0 Å². The Morgan fingerprint density at radius 3 is 3.11 bits per heavy atom. The van der Waals surface area contributed by atoms with Crippen LogP contribution in [0.25, 0.3) is 0 Å². The predicted octanol–water partition coefficient (Wildman–Crippen LogP) is 2.88. The number of rotatable bonds is 3. The van der Waals surface area contributed by atoms with Gasteiger partial charge < -0.3 is 4.74 Å². The first-order chi connectivity index (χ1) is 9.24. The molecule has 2 heterocycles. The molecule has 1 aromatic heterocycles. The molecule has 1 aromatic carbocycles. The van der Waals surface area contributed by atoms with Crippen LogP contribution in [0.1, 0.15) is 27.9 Å². The second-order valence-electron chi connectivity index (χ2n) is 4.70. The third kappa shape index (κ3) is 2.60. The van der Waals surface area contributed by atoms with Gasteiger partial charge in [-0.05, 0) is 24.5 Å². The zero-order chi connectivity index (χ0) is 13.2. The van der Waals surface area contributed by atoms with Crippen LogP contribution in [0.4, 0.5) is 0 Å². The summed E-state index contributed by atoms with van der Waals surface area (Å²) in [5, 5.41) is 2.94. The number of nitrogens with zero attached hydrogens (tertiary/aromatic N) is 1. The molecule has 19 heavy (non-hydrogen) atoms. The van der Waals surface area contributed by atoms with Gasteiger partial charge in [-0.1, -0.05) is 24.3 Å². The fourth-order valence-corrected chi connectivity index (χ4v) is 3.03. The van der Waals surface area contributed by atoms with E-state index < -0.39 is 6.10 Å². The van der Waals surface area contributed by atoms with Crippen LogP contribution >= 0.6 is 11.3 Å². The molecule has 98 valence electrons. The van der Waals surface area contributed by atoms with Gasteiger partial charge in [0.05, 0.1) is 23.7 Å². The highest BCUT2D eigenvalue weighted by molar-refractivity contribution is 7.09. The van der Waals surface area contributed by atoms with E-state index in [1.807, 2.05) is 30.5 Å². The minimum atomic E-state index is -0.424. The number of fused-ring (bicyclic) bond motifs is 1. The average Bonchev–Trinajstić information content (AvgIpc) is 2.83. The maximum atomic E-state index is 12.4. The van der Waals surface area contributed by atoms with E-state index in [9.17, 15) is 4.79 Å². The van der Waals surface area contributed by atoms with Gasteiger partial charge in [-0.3, -0.25) is 4.79 Å². The first-order valence-corrected chi connectivity index (χ1v) is 7.25. The minimum absolute atomic E-state index is 0.0949. The lowest BCUT2D eigenvalue weighted by Gasteiger charge is -2.24. The second-order valence-corrected chi connectivity index (χ2v) is 5.76. The summed E-state index contributed by atoms with van der Waals surface area (Å²) < 4.78 is 5.67. The molecular formula is C15H15NO2S. The SMILES string of the molecule is Cc1nc(CC(=O)C2OCCc3ccccc32)cs1. The van der Waals surface area contributed by atoms with Crippen molar-refractivity contribution in [1.29, 1.82) is 0 Å². The summed E-state index contributed by atoms with van der Waals surface area (Å²) in [6, 6.07) is 8.03. The number of aryl methyl sites for hydroxylation is 1. The molecule has 0 N–H and O–H groups in total. The van der Waals surface area contributed by atoms with Gasteiger partial charge in [0.2, 0.25) is 0 Å². The van der Waals surface area contributed by atoms with Crippen molar-refractivity contribution in [3.63, 3.8) is 0 Å². The number of aromatic nitrogens is 1. The fraction of sp³-hybridized carbons (Fsp3) is 0.333. The number of Topliss-reactive ketones (excluding diaryl/α,β-unsaturated/α-hetero) is 1. The van der Waals surface area contributed by atoms with Gasteiger partial charge in [-0.2, -0.15) is 0 Å². The summed E-state index contributed by atoms with van der Waals surface area (Å²) in [7, 11) is 0. The van der Waals surface area contributed by atoms with E-state index in [1.165, 1.54) is 5.56 Å². The predicted molar refractivity (Wildman–Crippen MR) is 74.4 cm³/mol. The van der Waals surface area contributed by atoms with E-state index in [-0.39, 0.29) is 5.78 Å². The first-order valence-electron chi connectivity index (χ1n) is 6.37. The molecular weight excluding hydrogens is 258 g/mol. The van der Waals surface area contributed by atoms with Gasteiger partial charge in [0, 0.05) is 5.38 Å². The lowest BCUT2D eigenvalue weighted by atomic mass is 9.94. The van der Waals surface area contributed by atoms with Crippen LogP contribution in [-0.4, -0.2) is 17.4 Å². The Labute approximate surface area is 116 Å². The van der Waals surface area contributed by atoms with E-state index in [0.717, 1.165) is 22.7 Å². The highest BCUT2D eigenvalue weighted by Gasteiger charge is 2.27. The van der Waals surface area contributed by atoms with Crippen LogP contribution in [0.3, 0.4) is 0 Å². The molecule has 0 fully saturated rings. The molecule has 3 nitrogen and oxygen atoms in total. The molecule has 0 saturated carbocycles. The highest BCUT2D eigenvalue weighted by Crippen LogP contribution is 2.28. The zero-order valence-electron chi connectivity index (χ0n) is 10.8. The number of hydrogen-bond donors (Lipinski definition) is 0.